The van der Waals surface area contributed by atoms with Crippen LogP contribution in [0.5, 0.6) is 5.75 Å². The first-order valence-electron chi connectivity index (χ1n) is 8.54. The third-order valence-electron chi connectivity index (χ3n) is 3.94. The van der Waals surface area contributed by atoms with Crippen molar-refractivity contribution < 1.29 is 17.7 Å². The average molecular weight is 387 g/mol. The Morgan fingerprint density at radius 3 is 2.56 bits per heavy atom. The predicted octanol–water partition coefficient (Wildman–Crippen LogP) is 3.06. The van der Waals surface area contributed by atoms with Gasteiger partial charge in [0.25, 0.3) is 0 Å². The van der Waals surface area contributed by atoms with Crippen LogP contribution < -0.4 is 9.46 Å². The van der Waals surface area contributed by atoms with Crippen LogP contribution in [0.1, 0.15) is 23.9 Å². The van der Waals surface area contributed by atoms with Crippen molar-refractivity contribution in [2.75, 3.05) is 6.61 Å². The fourth-order valence-electron chi connectivity index (χ4n) is 2.51. The molecular weight excluding hydrogens is 366 g/mol. The van der Waals surface area contributed by atoms with E-state index in [1.54, 1.807) is 6.07 Å². The maximum absolute atomic E-state index is 12.3. The van der Waals surface area contributed by atoms with E-state index in [1.807, 2.05) is 56.3 Å². The van der Waals surface area contributed by atoms with Crippen molar-refractivity contribution in [3.8, 4) is 17.1 Å². The quantitative estimate of drug-likeness (QED) is 0.638. The number of hydrogen-bond acceptors (Lipinski definition) is 6. The number of rotatable bonds is 8. The number of sulfonamides is 1. The van der Waals surface area contributed by atoms with Gasteiger partial charge in [-0.25, -0.2) is 13.1 Å². The van der Waals surface area contributed by atoms with Gasteiger partial charge in [0.1, 0.15) is 5.75 Å². The summed E-state index contributed by atoms with van der Waals surface area (Å²) in [6, 6.07) is 14.7. The Kier molecular flexibility index (Phi) is 5.88. The molecule has 7 nitrogen and oxygen atoms in total. The van der Waals surface area contributed by atoms with Crippen LogP contribution in [0, 0.1) is 6.92 Å². The second-order valence-corrected chi connectivity index (χ2v) is 7.78. The summed E-state index contributed by atoms with van der Waals surface area (Å²) in [5.41, 5.74) is 2.44. The number of nitrogens with zero attached hydrogens (tertiary/aromatic N) is 2. The lowest BCUT2D eigenvalue weighted by molar-refractivity contribution is 0.340. The predicted molar refractivity (Wildman–Crippen MR) is 102 cm³/mol. The average Bonchev–Trinajstić information content (AvgIpc) is 3.12. The summed E-state index contributed by atoms with van der Waals surface area (Å²) < 4.78 is 37.6. The first kappa shape index (κ1) is 19.1. The van der Waals surface area contributed by atoms with Crippen LogP contribution in [-0.4, -0.2) is 25.2 Å². The van der Waals surface area contributed by atoms with E-state index in [0.717, 1.165) is 22.4 Å². The molecule has 3 rings (SSSR count). The molecule has 0 aliphatic heterocycles. The van der Waals surface area contributed by atoms with E-state index in [1.165, 1.54) is 0 Å². The summed E-state index contributed by atoms with van der Waals surface area (Å²) in [6.45, 7) is 4.33. The summed E-state index contributed by atoms with van der Waals surface area (Å²) in [5, 5.41) is 3.90. The summed E-state index contributed by atoms with van der Waals surface area (Å²) in [7, 11) is -3.52. The molecule has 2 aromatic carbocycles. The molecule has 0 unspecified atom stereocenters. The highest BCUT2D eigenvalue weighted by Crippen LogP contribution is 2.20. The van der Waals surface area contributed by atoms with Crippen LogP contribution >= 0.6 is 0 Å². The molecule has 0 spiro atoms. The van der Waals surface area contributed by atoms with Crippen LogP contribution in [0.3, 0.4) is 0 Å². The van der Waals surface area contributed by atoms with Crippen molar-refractivity contribution in [1.29, 1.82) is 0 Å². The van der Waals surface area contributed by atoms with E-state index in [2.05, 4.69) is 14.9 Å². The smallest absolute Gasteiger partial charge is 0.242 e. The normalized spacial score (nSPS) is 11.5. The number of aryl methyl sites for hydroxylation is 1. The van der Waals surface area contributed by atoms with E-state index in [-0.39, 0.29) is 18.2 Å². The van der Waals surface area contributed by atoms with Gasteiger partial charge in [-0.15, -0.1) is 0 Å². The van der Waals surface area contributed by atoms with Gasteiger partial charge in [-0.1, -0.05) is 29.4 Å². The molecular formula is C19H21N3O4S. The van der Waals surface area contributed by atoms with Crippen molar-refractivity contribution in [2.45, 2.75) is 26.1 Å². The highest BCUT2D eigenvalue weighted by atomic mass is 32.2. The first-order valence-corrected chi connectivity index (χ1v) is 10.2. The highest BCUT2D eigenvalue weighted by Gasteiger charge is 2.15. The zero-order valence-electron chi connectivity index (χ0n) is 15.2. The van der Waals surface area contributed by atoms with Crippen LogP contribution in [0.2, 0.25) is 0 Å². The monoisotopic (exact) mass is 387 g/mol. The number of benzene rings is 2. The van der Waals surface area contributed by atoms with Crippen LogP contribution in [0.4, 0.5) is 0 Å². The maximum Gasteiger partial charge on any atom is 0.242 e. The Morgan fingerprint density at radius 2 is 1.85 bits per heavy atom. The molecule has 8 heteroatoms. The van der Waals surface area contributed by atoms with Crippen LogP contribution in [0.15, 0.2) is 53.1 Å². The van der Waals surface area contributed by atoms with E-state index in [4.69, 9.17) is 9.26 Å². The summed E-state index contributed by atoms with van der Waals surface area (Å²) >= 11 is 0. The highest BCUT2D eigenvalue weighted by molar-refractivity contribution is 7.88. The van der Waals surface area contributed by atoms with E-state index in [0.29, 0.717) is 12.4 Å². The minimum absolute atomic E-state index is 0.0573. The fraction of sp³-hybridized carbons (Fsp3) is 0.263. The molecule has 142 valence electrons. The molecule has 0 saturated heterocycles. The Morgan fingerprint density at radius 1 is 1.11 bits per heavy atom. The molecule has 3 aromatic rings. The zero-order valence-corrected chi connectivity index (χ0v) is 16.0. The Bertz CT molecular complexity index is 998. The summed E-state index contributed by atoms with van der Waals surface area (Å²) in [4.78, 5) is 4.24. The first-order chi connectivity index (χ1) is 13.0. The third-order valence-corrected chi connectivity index (χ3v) is 5.22. The molecule has 0 aliphatic carbocycles. The Balaban J connectivity index is 1.63. The Hall–Kier alpha value is -2.71. The van der Waals surface area contributed by atoms with E-state index < -0.39 is 10.0 Å². The SMILES string of the molecule is CCOc1ccc(-c2noc(CNS(=O)(=O)Cc3ccccc3C)n2)cc1. The van der Waals surface area contributed by atoms with E-state index in [9.17, 15) is 8.42 Å². The maximum atomic E-state index is 12.3. The van der Waals surface area contributed by atoms with Crippen LogP contribution in [0.25, 0.3) is 11.4 Å². The van der Waals surface area contributed by atoms with Gasteiger partial charge < -0.3 is 9.26 Å². The molecule has 0 fully saturated rings. The molecule has 1 heterocycles. The van der Waals surface area contributed by atoms with Gasteiger partial charge in [0.2, 0.25) is 21.7 Å². The Labute approximate surface area is 158 Å². The van der Waals surface area contributed by atoms with Crippen molar-refractivity contribution in [2.24, 2.45) is 0 Å². The van der Waals surface area contributed by atoms with Gasteiger partial charge in [0, 0.05) is 5.56 Å². The number of nitrogens with one attached hydrogen (secondary N) is 1. The van der Waals surface area contributed by atoms with Crippen molar-refractivity contribution in [3.63, 3.8) is 0 Å². The molecule has 0 radical (unpaired) electrons. The minimum Gasteiger partial charge on any atom is -0.494 e. The molecule has 0 saturated carbocycles. The largest absolute Gasteiger partial charge is 0.494 e. The molecule has 27 heavy (non-hydrogen) atoms. The van der Waals surface area contributed by atoms with Crippen molar-refractivity contribution in [1.82, 2.24) is 14.9 Å². The lowest BCUT2D eigenvalue weighted by Crippen LogP contribution is -2.25. The standard InChI is InChI=1S/C19H21N3O4S/c1-3-25-17-10-8-15(9-11-17)19-21-18(26-22-19)12-20-27(23,24)13-16-7-5-4-6-14(16)2/h4-11,20H,3,12-13H2,1-2H3. The van der Waals surface area contributed by atoms with Gasteiger partial charge in [-0.3, -0.25) is 0 Å². The molecule has 1 aromatic heterocycles. The summed E-state index contributed by atoms with van der Waals surface area (Å²) in [6.07, 6.45) is 0. The molecule has 0 aliphatic rings. The van der Waals surface area contributed by atoms with Crippen molar-refractivity contribution in [3.05, 3.63) is 65.5 Å². The molecule has 1 N–H and O–H groups in total. The molecule has 0 bridgehead atoms. The summed E-state index contributed by atoms with van der Waals surface area (Å²) in [5.74, 6) is 1.26. The number of aromatic nitrogens is 2. The van der Waals surface area contributed by atoms with Gasteiger partial charge in [-0.2, -0.15) is 4.98 Å². The second-order valence-electron chi connectivity index (χ2n) is 5.98. The van der Waals surface area contributed by atoms with Gasteiger partial charge in [0.15, 0.2) is 0 Å². The van der Waals surface area contributed by atoms with Gasteiger partial charge in [-0.05, 0) is 49.2 Å². The van der Waals surface area contributed by atoms with Gasteiger partial charge in [0.05, 0.1) is 18.9 Å². The second kappa shape index (κ2) is 8.32. The zero-order chi connectivity index (χ0) is 19.3. The molecule has 0 amide bonds. The van der Waals surface area contributed by atoms with Crippen molar-refractivity contribution >= 4 is 10.0 Å². The van der Waals surface area contributed by atoms with Gasteiger partial charge >= 0.3 is 0 Å². The topological polar surface area (TPSA) is 94.3 Å². The number of ether oxygens (including phenoxy) is 1. The van der Waals surface area contributed by atoms with E-state index >= 15 is 0 Å². The third kappa shape index (κ3) is 5.15. The van der Waals surface area contributed by atoms with Crippen LogP contribution in [-0.2, 0) is 22.3 Å². The minimum atomic E-state index is -3.52. The lowest BCUT2D eigenvalue weighted by atomic mass is 10.1. The number of hydrogen-bond donors (Lipinski definition) is 1. The molecule has 0 atom stereocenters. The fourth-order valence-corrected chi connectivity index (χ4v) is 3.69. The lowest BCUT2D eigenvalue weighted by Gasteiger charge is -2.07.